The highest BCUT2D eigenvalue weighted by atomic mass is 32.2. The summed E-state index contributed by atoms with van der Waals surface area (Å²) in [6.45, 7) is 8.19. The molecule has 0 aliphatic heterocycles. The van der Waals surface area contributed by atoms with Crippen LogP contribution in [0.5, 0.6) is 0 Å². The second-order valence-electron chi connectivity index (χ2n) is 6.75. The zero-order chi connectivity index (χ0) is 21.3. The normalized spacial score (nSPS) is 13.6. The molecule has 0 bridgehead atoms. The molecule has 1 N–H and O–H groups in total. The van der Waals surface area contributed by atoms with Crippen LogP contribution in [0.1, 0.15) is 51.5 Å². The summed E-state index contributed by atoms with van der Waals surface area (Å²) in [5.41, 5.74) is 1.74. The van der Waals surface area contributed by atoms with Gasteiger partial charge in [0.15, 0.2) is 10.0 Å². The van der Waals surface area contributed by atoms with Gasteiger partial charge in [-0.2, -0.15) is 4.36 Å². The SMILES string of the molecule is CCCCN(CCCC)c1ccc(N=Nc2nnc(CC)s2)c(N=S(C)(=O)O)c1. The molecule has 0 saturated carbocycles. The van der Waals surface area contributed by atoms with Crippen LogP contribution in [0.15, 0.2) is 32.8 Å². The van der Waals surface area contributed by atoms with E-state index in [1.165, 1.54) is 17.6 Å². The van der Waals surface area contributed by atoms with Crippen LogP contribution in [0, 0.1) is 0 Å². The van der Waals surface area contributed by atoms with Gasteiger partial charge in [-0.3, -0.25) is 0 Å². The average molecular weight is 439 g/mol. The summed E-state index contributed by atoms with van der Waals surface area (Å²) in [6.07, 6.45) is 6.35. The van der Waals surface area contributed by atoms with Gasteiger partial charge in [-0.25, -0.2) is 4.21 Å². The summed E-state index contributed by atoms with van der Waals surface area (Å²) in [4.78, 5) is 2.29. The van der Waals surface area contributed by atoms with Crippen molar-refractivity contribution in [2.75, 3.05) is 24.2 Å². The Hall–Kier alpha value is -1.91. The number of nitrogens with zero attached hydrogens (tertiary/aromatic N) is 6. The van der Waals surface area contributed by atoms with E-state index >= 15 is 0 Å². The average Bonchev–Trinajstić information content (AvgIpc) is 3.14. The molecule has 10 heteroatoms. The van der Waals surface area contributed by atoms with Crippen LogP contribution in [0.2, 0.25) is 0 Å². The fourth-order valence-corrected chi connectivity index (χ4v) is 3.75. The molecule has 0 aliphatic rings. The zero-order valence-electron chi connectivity index (χ0n) is 17.5. The minimum absolute atomic E-state index is 0.347. The van der Waals surface area contributed by atoms with Gasteiger partial charge >= 0.3 is 0 Å². The molecule has 29 heavy (non-hydrogen) atoms. The number of unbranched alkanes of at least 4 members (excludes halogenated alkanes) is 2. The molecule has 0 amide bonds. The molecule has 0 fully saturated rings. The summed E-state index contributed by atoms with van der Waals surface area (Å²) in [6, 6.07) is 5.57. The Bertz CT molecular complexity index is 919. The van der Waals surface area contributed by atoms with Crippen molar-refractivity contribution < 1.29 is 8.76 Å². The minimum atomic E-state index is -3.33. The Morgan fingerprint density at radius 3 is 2.31 bits per heavy atom. The van der Waals surface area contributed by atoms with Crippen molar-refractivity contribution in [1.29, 1.82) is 0 Å². The Labute approximate surface area is 177 Å². The summed E-state index contributed by atoms with van der Waals surface area (Å²) < 4.78 is 25.7. The molecule has 0 radical (unpaired) electrons. The summed E-state index contributed by atoms with van der Waals surface area (Å²) in [5.74, 6) is 0. The van der Waals surface area contributed by atoms with E-state index in [0.29, 0.717) is 16.5 Å². The Morgan fingerprint density at radius 2 is 1.76 bits per heavy atom. The third-order valence-corrected chi connectivity index (χ3v) is 5.64. The molecule has 0 aliphatic carbocycles. The first kappa shape index (κ1) is 23.4. The molecule has 2 aromatic rings. The highest BCUT2D eigenvalue weighted by molar-refractivity contribution is 7.87. The molecule has 1 atom stereocenters. The zero-order valence-corrected chi connectivity index (χ0v) is 19.2. The molecule has 1 unspecified atom stereocenters. The van der Waals surface area contributed by atoms with E-state index in [9.17, 15) is 8.76 Å². The Morgan fingerprint density at radius 1 is 1.07 bits per heavy atom. The Balaban J connectivity index is 2.39. The molecule has 160 valence electrons. The molecule has 8 nitrogen and oxygen atoms in total. The van der Waals surface area contributed by atoms with Crippen LogP contribution in [0.25, 0.3) is 0 Å². The quantitative estimate of drug-likeness (QED) is 0.425. The van der Waals surface area contributed by atoms with Gasteiger partial charge in [-0.05, 0) is 37.5 Å². The van der Waals surface area contributed by atoms with Crippen LogP contribution >= 0.6 is 11.3 Å². The van der Waals surface area contributed by atoms with Crippen LogP contribution in [0.3, 0.4) is 0 Å². The maximum atomic E-state index is 11.9. The van der Waals surface area contributed by atoms with Gasteiger partial charge in [0.1, 0.15) is 16.4 Å². The maximum Gasteiger partial charge on any atom is 0.251 e. The largest absolute Gasteiger partial charge is 0.371 e. The number of hydrogen-bond acceptors (Lipinski definition) is 8. The van der Waals surface area contributed by atoms with E-state index in [2.05, 4.69) is 43.5 Å². The van der Waals surface area contributed by atoms with Crippen molar-refractivity contribution in [3.8, 4) is 0 Å². The van der Waals surface area contributed by atoms with Crippen LogP contribution in [-0.4, -0.2) is 38.3 Å². The van der Waals surface area contributed by atoms with E-state index in [0.717, 1.165) is 55.9 Å². The first-order valence-electron chi connectivity index (χ1n) is 9.94. The molecular formula is C19H30N6O2S2. The number of benzene rings is 1. The molecule has 1 aromatic heterocycles. The van der Waals surface area contributed by atoms with Gasteiger partial charge in [0, 0.05) is 25.0 Å². The van der Waals surface area contributed by atoms with Gasteiger partial charge in [0.05, 0.1) is 0 Å². The molecule has 1 aromatic carbocycles. The number of azo groups is 1. The number of anilines is 1. The number of aryl methyl sites for hydroxylation is 1. The molecular weight excluding hydrogens is 408 g/mol. The minimum Gasteiger partial charge on any atom is -0.371 e. The number of rotatable bonds is 11. The third kappa shape index (κ3) is 7.79. The maximum absolute atomic E-state index is 11.9. The van der Waals surface area contributed by atoms with Gasteiger partial charge in [-0.15, -0.1) is 20.4 Å². The van der Waals surface area contributed by atoms with E-state index in [4.69, 9.17) is 0 Å². The lowest BCUT2D eigenvalue weighted by molar-refractivity contribution is 0.559. The molecule has 0 saturated heterocycles. The standard InChI is InChI=1S/C19H30N6O2S2/c1-5-8-12-25(13-9-6-2)15-10-11-16(17(14-15)24-29(4,26)27)20-22-19-23-21-18(7-3)28-19/h10-11,14H,5-9,12-13H2,1-4H3,(H,24,26,27). The first-order valence-corrected chi connectivity index (χ1v) is 12.6. The Kier molecular flexibility index (Phi) is 9.12. The predicted octanol–water partition coefficient (Wildman–Crippen LogP) is 6.12. The molecule has 0 spiro atoms. The second-order valence-corrected chi connectivity index (χ2v) is 9.50. The van der Waals surface area contributed by atoms with E-state index < -0.39 is 10.0 Å². The lowest BCUT2D eigenvalue weighted by atomic mass is 10.2. The summed E-state index contributed by atoms with van der Waals surface area (Å²) >= 11 is 1.37. The summed E-state index contributed by atoms with van der Waals surface area (Å²) in [7, 11) is -3.33. The van der Waals surface area contributed by atoms with Crippen LogP contribution < -0.4 is 4.90 Å². The smallest absolute Gasteiger partial charge is 0.251 e. The van der Waals surface area contributed by atoms with Crippen molar-refractivity contribution in [3.05, 3.63) is 23.2 Å². The predicted molar refractivity (Wildman–Crippen MR) is 121 cm³/mol. The highest BCUT2D eigenvalue weighted by Gasteiger charge is 2.11. The van der Waals surface area contributed by atoms with Crippen molar-refractivity contribution in [2.24, 2.45) is 14.6 Å². The van der Waals surface area contributed by atoms with E-state index in [1.54, 1.807) is 6.07 Å². The van der Waals surface area contributed by atoms with Crippen LogP contribution in [-0.2, 0) is 16.4 Å². The van der Waals surface area contributed by atoms with E-state index in [-0.39, 0.29) is 0 Å². The lowest BCUT2D eigenvalue weighted by Crippen LogP contribution is -2.25. The van der Waals surface area contributed by atoms with E-state index in [1.807, 2.05) is 19.1 Å². The van der Waals surface area contributed by atoms with Crippen LogP contribution in [0.4, 0.5) is 22.2 Å². The summed E-state index contributed by atoms with van der Waals surface area (Å²) in [5, 5.41) is 17.7. The van der Waals surface area contributed by atoms with Gasteiger partial charge in [-0.1, -0.05) is 44.9 Å². The lowest BCUT2D eigenvalue weighted by Gasteiger charge is -2.25. The first-order chi connectivity index (χ1) is 13.9. The monoisotopic (exact) mass is 438 g/mol. The number of hydrogen-bond donors (Lipinski definition) is 1. The second kappa shape index (κ2) is 11.3. The van der Waals surface area contributed by atoms with Crippen molar-refractivity contribution >= 4 is 43.5 Å². The molecule has 1 heterocycles. The van der Waals surface area contributed by atoms with Gasteiger partial charge < -0.3 is 9.45 Å². The third-order valence-electron chi connectivity index (χ3n) is 4.16. The van der Waals surface area contributed by atoms with Crippen molar-refractivity contribution in [3.63, 3.8) is 0 Å². The topological polar surface area (TPSA) is 103 Å². The highest BCUT2D eigenvalue weighted by Crippen LogP contribution is 2.35. The number of aromatic nitrogens is 2. The fraction of sp³-hybridized carbons (Fsp3) is 0.579. The fourth-order valence-electron chi connectivity index (χ4n) is 2.64. The van der Waals surface area contributed by atoms with Crippen molar-refractivity contribution in [2.45, 2.75) is 52.9 Å². The van der Waals surface area contributed by atoms with Gasteiger partial charge in [0.25, 0.3) is 5.13 Å². The molecule has 2 rings (SSSR count). The van der Waals surface area contributed by atoms with Crippen molar-refractivity contribution in [1.82, 2.24) is 10.2 Å². The van der Waals surface area contributed by atoms with Gasteiger partial charge in [0.2, 0.25) is 0 Å².